The van der Waals surface area contributed by atoms with Crippen LogP contribution in [0.3, 0.4) is 0 Å². The molecule has 0 spiro atoms. The molecule has 0 aliphatic heterocycles. The Kier molecular flexibility index (Phi) is 4.06. The fraction of sp³-hybridized carbons (Fsp3) is 0.600. The van der Waals surface area contributed by atoms with Gasteiger partial charge in [-0.15, -0.1) is 0 Å². The Morgan fingerprint density at radius 1 is 1.47 bits per heavy atom. The van der Waals surface area contributed by atoms with E-state index in [9.17, 15) is 5.11 Å². The van der Waals surface area contributed by atoms with Crippen molar-refractivity contribution in [2.24, 2.45) is 0 Å². The lowest BCUT2D eigenvalue weighted by Crippen LogP contribution is -2.15. The monoisotopic (exact) mass is 234 g/mol. The third-order valence-corrected chi connectivity index (χ3v) is 3.46. The summed E-state index contributed by atoms with van der Waals surface area (Å²) in [5.74, 6) is 0.974. The van der Waals surface area contributed by atoms with Crippen LogP contribution in [0.5, 0.6) is 5.75 Å². The molecule has 1 aromatic carbocycles. The average Bonchev–Trinajstić information content (AvgIpc) is 2.31. The molecule has 94 valence electrons. The maximum Gasteiger partial charge on any atom is 0.123 e. The van der Waals surface area contributed by atoms with Crippen LogP contribution in [-0.2, 0) is 6.42 Å². The van der Waals surface area contributed by atoms with Gasteiger partial charge in [-0.3, -0.25) is 0 Å². The van der Waals surface area contributed by atoms with Gasteiger partial charge in [0.2, 0.25) is 0 Å². The van der Waals surface area contributed by atoms with Gasteiger partial charge in [0.25, 0.3) is 0 Å². The quantitative estimate of drug-likeness (QED) is 0.862. The third kappa shape index (κ3) is 2.81. The Balaban J connectivity index is 2.20. The normalized spacial score (nSPS) is 20.8. The summed E-state index contributed by atoms with van der Waals surface area (Å²) in [7, 11) is 0. The lowest BCUT2D eigenvalue weighted by molar-refractivity contribution is 0.152. The molecule has 0 aromatic heterocycles. The van der Waals surface area contributed by atoms with E-state index in [1.54, 1.807) is 0 Å². The fourth-order valence-electron chi connectivity index (χ4n) is 2.58. The van der Waals surface area contributed by atoms with Crippen molar-refractivity contribution in [3.05, 3.63) is 29.3 Å². The molecule has 2 heteroatoms. The van der Waals surface area contributed by atoms with Gasteiger partial charge in [-0.05, 0) is 49.8 Å². The van der Waals surface area contributed by atoms with Crippen molar-refractivity contribution in [1.82, 2.24) is 0 Å². The molecular formula is C15H22O2. The molecule has 0 saturated carbocycles. The van der Waals surface area contributed by atoms with Gasteiger partial charge < -0.3 is 9.84 Å². The summed E-state index contributed by atoms with van der Waals surface area (Å²) in [4.78, 5) is 0. The molecule has 2 unspecified atom stereocenters. The minimum Gasteiger partial charge on any atom is -0.490 e. The Labute approximate surface area is 104 Å². The number of rotatable bonds is 4. The zero-order chi connectivity index (χ0) is 12.3. The highest BCUT2D eigenvalue weighted by Gasteiger charge is 2.21. The van der Waals surface area contributed by atoms with E-state index in [1.807, 2.05) is 18.2 Å². The largest absolute Gasteiger partial charge is 0.490 e. The van der Waals surface area contributed by atoms with Crippen LogP contribution in [0.2, 0.25) is 0 Å². The van der Waals surface area contributed by atoms with Crippen molar-refractivity contribution in [2.75, 3.05) is 0 Å². The molecule has 1 aliphatic rings. The van der Waals surface area contributed by atoms with E-state index in [0.717, 1.165) is 43.4 Å². The number of ether oxygens (including phenoxy) is 1. The van der Waals surface area contributed by atoms with Crippen molar-refractivity contribution < 1.29 is 9.84 Å². The lowest BCUT2D eigenvalue weighted by Gasteiger charge is -2.25. The minimum atomic E-state index is -0.302. The number of benzene rings is 1. The summed E-state index contributed by atoms with van der Waals surface area (Å²) >= 11 is 0. The highest BCUT2D eigenvalue weighted by molar-refractivity contribution is 5.42. The topological polar surface area (TPSA) is 29.5 Å². The molecule has 1 aromatic rings. The van der Waals surface area contributed by atoms with Crippen molar-refractivity contribution >= 4 is 0 Å². The highest BCUT2D eigenvalue weighted by Crippen LogP contribution is 2.35. The summed E-state index contributed by atoms with van der Waals surface area (Å²) in [6, 6.07) is 6.04. The van der Waals surface area contributed by atoms with Gasteiger partial charge in [-0.2, -0.15) is 0 Å². The Morgan fingerprint density at radius 3 is 3.06 bits per heavy atom. The fourth-order valence-corrected chi connectivity index (χ4v) is 2.58. The number of aliphatic hydroxyl groups is 1. The Hall–Kier alpha value is -1.02. The van der Waals surface area contributed by atoms with Crippen LogP contribution < -0.4 is 4.74 Å². The summed E-state index contributed by atoms with van der Waals surface area (Å²) < 4.78 is 5.99. The Morgan fingerprint density at radius 2 is 2.29 bits per heavy atom. The first kappa shape index (κ1) is 12.4. The van der Waals surface area contributed by atoms with Crippen LogP contribution in [0.4, 0.5) is 0 Å². The molecule has 0 heterocycles. The van der Waals surface area contributed by atoms with E-state index >= 15 is 0 Å². The van der Waals surface area contributed by atoms with Crippen LogP contribution in [0.15, 0.2) is 18.2 Å². The smallest absolute Gasteiger partial charge is 0.123 e. The molecule has 1 aliphatic carbocycles. The average molecular weight is 234 g/mol. The van der Waals surface area contributed by atoms with Crippen LogP contribution >= 0.6 is 0 Å². The Bertz CT molecular complexity index is 373. The van der Waals surface area contributed by atoms with Gasteiger partial charge in [-0.25, -0.2) is 0 Å². The molecule has 2 rings (SSSR count). The predicted molar refractivity (Wildman–Crippen MR) is 69.3 cm³/mol. The first-order valence-corrected chi connectivity index (χ1v) is 6.69. The molecule has 0 saturated heterocycles. The van der Waals surface area contributed by atoms with Gasteiger partial charge in [-0.1, -0.05) is 25.5 Å². The van der Waals surface area contributed by atoms with E-state index in [0.29, 0.717) is 0 Å². The first-order chi connectivity index (χ1) is 8.22. The molecule has 2 nitrogen and oxygen atoms in total. The molecule has 2 atom stereocenters. The maximum atomic E-state index is 9.97. The van der Waals surface area contributed by atoms with Crippen molar-refractivity contribution in [3.8, 4) is 5.75 Å². The van der Waals surface area contributed by atoms with Gasteiger partial charge >= 0.3 is 0 Å². The standard InChI is InChI=1S/C15H22O2/c1-3-6-11(2)17-15-10-5-7-12-13(15)8-4-9-14(12)16/h5,7,10-11,14,16H,3-4,6,8-9H2,1-2H3. The lowest BCUT2D eigenvalue weighted by atomic mass is 9.89. The van der Waals surface area contributed by atoms with E-state index in [2.05, 4.69) is 13.8 Å². The maximum absolute atomic E-state index is 9.97. The first-order valence-electron chi connectivity index (χ1n) is 6.69. The molecule has 1 N–H and O–H groups in total. The van der Waals surface area contributed by atoms with E-state index in [-0.39, 0.29) is 12.2 Å². The van der Waals surface area contributed by atoms with Gasteiger partial charge in [0.05, 0.1) is 12.2 Å². The summed E-state index contributed by atoms with van der Waals surface area (Å²) in [6.07, 6.45) is 5.12. The molecule has 0 bridgehead atoms. The van der Waals surface area contributed by atoms with Crippen LogP contribution in [0.25, 0.3) is 0 Å². The molecule has 0 radical (unpaired) electrons. The summed E-state index contributed by atoms with van der Waals surface area (Å²) in [5, 5.41) is 9.97. The van der Waals surface area contributed by atoms with Crippen molar-refractivity contribution in [3.63, 3.8) is 0 Å². The molecular weight excluding hydrogens is 212 g/mol. The second-order valence-electron chi connectivity index (χ2n) is 4.95. The minimum absolute atomic E-state index is 0.255. The zero-order valence-corrected chi connectivity index (χ0v) is 10.8. The zero-order valence-electron chi connectivity index (χ0n) is 10.8. The second kappa shape index (κ2) is 5.54. The predicted octanol–water partition coefficient (Wildman–Crippen LogP) is 3.62. The van der Waals surface area contributed by atoms with E-state index < -0.39 is 0 Å². The van der Waals surface area contributed by atoms with Crippen LogP contribution in [-0.4, -0.2) is 11.2 Å². The van der Waals surface area contributed by atoms with E-state index in [1.165, 1.54) is 5.56 Å². The molecule has 0 fully saturated rings. The number of hydrogen-bond acceptors (Lipinski definition) is 2. The number of fused-ring (bicyclic) bond motifs is 1. The number of aliphatic hydroxyl groups excluding tert-OH is 1. The second-order valence-corrected chi connectivity index (χ2v) is 4.95. The third-order valence-electron chi connectivity index (χ3n) is 3.46. The summed E-state index contributed by atoms with van der Waals surface area (Å²) in [6.45, 7) is 4.28. The number of hydrogen-bond donors (Lipinski definition) is 1. The van der Waals surface area contributed by atoms with Crippen LogP contribution in [0, 0.1) is 0 Å². The SMILES string of the molecule is CCCC(C)Oc1cccc2c1CCCC2O. The van der Waals surface area contributed by atoms with Crippen molar-refractivity contribution in [2.45, 2.75) is 58.2 Å². The highest BCUT2D eigenvalue weighted by atomic mass is 16.5. The van der Waals surface area contributed by atoms with Gasteiger partial charge in [0.15, 0.2) is 0 Å². The van der Waals surface area contributed by atoms with Gasteiger partial charge in [0, 0.05) is 0 Å². The molecule has 0 amide bonds. The van der Waals surface area contributed by atoms with Gasteiger partial charge in [0.1, 0.15) is 5.75 Å². The molecule has 17 heavy (non-hydrogen) atoms. The van der Waals surface area contributed by atoms with Crippen molar-refractivity contribution in [1.29, 1.82) is 0 Å². The summed E-state index contributed by atoms with van der Waals surface area (Å²) in [5.41, 5.74) is 2.28. The van der Waals surface area contributed by atoms with Crippen LogP contribution in [0.1, 0.15) is 56.8 Å². The van der Waals surface area contributed by atoms with E-state index in [4.69, 9.17) is 4.74 Å².